The van der Waals surface area contributed by atoms with Crippen molar-refractivity contribution in [3.8, 4) is 22.8 Å². The normalized spacial score (nSPS) is 19.3. The molecule has 10 heteroatoms. The first-order valence-corrected chi connectivity index (χ1v) is 10.9. The van der Waals surface area contributed by atoms with Crippen molar-refractivity contribution in [2.45, 2.75) is 51.3 Å². The summed E-state index contributed by atoms with van der Waals surface area (Å²) >= 11 is 0. The summed E-state index contributed by atoms with van der Waals surface area (Å²) in [6, 6.07) is 4.03. The molecule has 0 spiro atoms. The van der Waals surface area contributed by atoms with Gasteiger partial charge in [-0.25, -0.2) is 19.9 Å². The summed E-state index contributed by atoms with van der Waals surface area (Å²) in [6.07, 6.45) is 8.08. The number of fused-ring (bicyclic) bond motifs is 1. The van der Waals surface area contributed by atoms with Gasteiger partial charge < -0.3 is 9.64 Å². The Kier molecular flexibility index (Phi) is 5.30. The summed E-state index contributed by atoms with van der Waals surface area (Å²) in [5.41, 5.74) is 3.00. The zero-order valence-corrected chi connectivity index (χ0v) is 18.4. The quantitative estimate of drug-likeness (QED) is 0.667. The van der Waals surface area contributed by atoms with Crippen LogP contribution in [0.5, 0.6) is 0 Å². The number of aromatic nitrogens is 6. The molecular weight excluding hydrogens is 408 g/mol. The van der Waals surface area contributed by atoms with Crippen molar-refractivity contribution in [1.29, 1.82) is 0 Å². The van der Waals surface area contributed by atoms with Gasteiger partial charge in [-0.3, -0.25) is 14.8 Å². The Labute approximate surface area is 186 Å². The molecule has 1 saturated carbocycles. The molecule has 0 saturated heterocycles. The van der Waals surface area contributed by atoms with Gasteiger partial charge in [-0.15, -0.1) is 0 Å². The van der Waals surface area contributed by atoms with Crippen LogP contribution in [0, 0.1) is 6.92 Å². The molecule has 1 N–H and O–H groups in total. The van der Waals surface area contributed by atoms with E-state index in [1.165, 1.54) is 12.7 Å². The van der Waals surface area contributed by atoms with Gasteiger partial charge in [0.05, 0.1) is 11.9 Å². The molecule has 4 heterocycles. The van der Waals surface area contributed by atoms with E-state index in [4.69, 9.17) is 14.7 Å². The average molecular weight is 435 g/mol. The van der Waals surface area contributed by atoms with Crippen molar-refractivity contribution in [3.05, 3.63) is 30.4 Å². The maximum Gasteiger partial charge on any atom is 0.278 e. The second-order valence-electron chi connectivity index (χ2n) is 8.25. The molecule has 3 aromatic heterocycles. The minimum atomic E-state index is -0.680. The zero-order chi connectivity index (χ0) is 22.2. The summed E-state index contributed by atoms with van der Waals surface area (Å²) < 4.78 is 5.62. The Morgan fingerprint density at radius 3 is 2.56 bits per heavy atom. The van der Waals surface area contributed by atoms with Crippen molar-refractivity contribution in [2.75, 3.05) is 24.0 Å². The van der Waals surface area contributed by atoms with E-state index in [0.29, 0.717) is 28.8 Å². The van der Waals surface area contributed by atoms with Crippen molar-refractivity contribution in [3.63, 3.8) is 0 Å². The Bertz CT molecular complexity index is 1130. The SMILES string of the molecule is COC1C(=O)N(C)c2nc(-c3ccc(-c4ncn[nH]4)nc3C)cnc2N1C1CCCCC1. The van der Waals surface area contributed by atoms with E-state index >= 15 is 0 Å². The van der Waals surface area contributed by atoms with Gasteiger partial charge in [-0.2, -0.15) is 5.10 Å². The molecule has 1 amide bonds. The fraction of sp³-hybridized carbons (Fsp3) is 0.455. The Morgan fingerprint density at radius 2 is 1.88 bits per heavy atom. The zero-order valence-electron chi connectivity index (χ0n) is 18.4. The van der Waals surface area contributed by atoms with Crippen LogP contribution in [0.4, 0.5) is 11.6 Å². The van der Waals surface area contributed by atoms with E-state index in [-0.39, 0.29) is 11.9 Å². The lowest BCUT2D eigenvalue weighted by Gasteiger charge is -2.44. The van der Waals surface area contributed by atoms with Gasteiger partial charge in [0.15, 0.2) is 17.5 Å². The van der Waals surface area contributed by atoms with Gasteiger partial charge in [0.25, 0.3) is 5.91 Å². The number of aromatic amines is 1. The molecule has 0 radical (unpaired) electrons. The van der Waals surface area contributed by atoms with Gasteiger partial charge in [0.1, 0.15) is 12.0 Å². The van der Waals surface area contributed by atoms with Crippen LogP contribution >= 0.6 is 0 Å². The summed E-state index contributed by atoms with van der Waals surface area (Å²) in [7, 11) is 3.30. The van der Waals surface area contributed by atoms with Crippen molar-refractivity contribution >= 4 is 17.5 Å². The molecule has 166 valence electrons. The number of amides is 1. The van der Waals surface area contributed by atoms with E-state index < -0.39 is 6.23 Å². The standard InChI is InChI=1S/C22H26N8O2/c1-13-15(9-10-16(26-13)18-24-12-25-28-18)17-11-23-19-20(27-17)29(2)21(31)22(32-3)30(19)14-7-5-4-6-8-14/h9-12,14,22H,4-8H2,1-3H3,(H,24,25,28). The number of pyridine rings is 1. The molecule has 1 aliphatic heterocycles. The highest BCUT2D eigenvalue weighted by Gasteiger charge is 2.42. The van der Waals surface area contributed by atoms with Crippen LogP contribution in [0.25, 0.3) is 22.8 Å². The molecule has 5 rings (SSSR count). The van der Waals surface area contributed by atoms with Gasteiger partial charge in [0, 0.05) is 31.5 Å². The first kappa shape index (κ1) is 20.5. The van der Waals surface area contributed by atoms with Crippen LogP contribution in [0.1, 0.15) is 37.8 Å². The molecular formula is C22H26N8O2. The Hall–Kier alpha value is -3.40. The van der Waals surface area contributed by atoms with Crippen LogP contribution < -0.4 is 9.80 Å². The van der Waals surface area contributed by atoms with E-state index in [2.05, 4.69) is 20.2 Å². The first-order valence-electron chi connectivity index (χ1n) is 10.9. The van der Waals surface area contributed by atoms with Crippen LogP contribution in [-0.2, 0) is 9.53 Å². The number of nitrogens with one attached hydrogen (secondary N) is 1. The lowest BCUT2D eigenvalue weighted by Crippen LogP contribution is -2.57. The van der Waals surface area contributed by atoms with Crippen LogP contribution in [0.2, 0.25) is 0 Å². The maximum absolute atomic E-state index is 13.1. The summed E-state index contributed by atoms with van der Waals surface area (Å²) in [5, 5.41) is 6.70. The number of nitrogens with zero attached hydrogens (tertiary/aromatic N) is 7. The number of H-pyrrole nitrogens is 1. The Morgan fingerprint density at radius 1 is 1.06 bits per heavy atom. The van der Waals surface area contributed by atoms with Crippen LogP contribution in [0.15, 0.2) is 24.7 Å². The number of hydrogen-bond donors (Lipinski definition) is 1. The highest BCUT2D eigenvalue weighted by molar-refractivity contribution is 6.02. The number of hydrogen-bond acceptors (Lipinski definition) is 8. The lowest BCUT2D eigenvalue weighted by molar-refractivity contribution is -0.129. The molecule has 0 bridgehead atoms. The number of ether oxygens (including phenoxy) is 1. The molecule has 2 aliphatic rings. The number of rotatable bonds is 4. The number of methoxy groups -OCH3 is 1. The monoisotopic (exact) mass is 434 g/mol. The molecule has 0 aromatic carbocycles. The van der Waals surface area contributed by atoms with E-state index in [9.17, 15) is 4.79 Å². The summed E-state index contributed by atoms with van der Waals surface area (Å²) in [4.78, 5) is 35.1. The topological polar surface area (TPSA) is 113 Å². The van der Waals surface area contributed by atoms with Gasteiger partial charge in [-0.05, 0) is 31.9 Å². The minimum Gasteiger partial charge on any atom is -0.353 e. The minimum absolute atomic E-state index is 0.132. The number of anilines is 2. The fourth-order valence-electron chi connectivity index (χ4n) is 4.64. The molecule has 1 fully saturated rings. The third-order valence-corrected chi connectivity index (χ3v) is 6.30. The molecule has 1 atom stereocenters. The maximum atomic E-state index is 13.1. The second-order valence-corrected chi connectivity index (χ2v) is 8.25. The molecule has 10 nitrogen and oxygen atoms in total. The highest BCUT2D eigenvalue weighted by atomic mass is 16.5. The van der Waals surface area contributed by atoms with Crippen LogP contribution in [-0.4, -0.2) is 62.5 Å². The number of carbonyl (C=O) groups excluding carboxylic acids is 1. The molecule has 1 unspecified atom stereocenters. The number of carbonyl (C=O) groups is 1. The summed E-state index contributed by atoms with van der Waals surface area (Å²) in [6.45, 7) is 1.92. The largest absolute Gasteiger partial charge is 0.353 e. The van der Waals surface area contributed by atoms with Gasteiger partial charge in [0.2, 0.25) is 6.23 Å². The van der Waals surface area contributed by atoms with Gasteiger partial charge >= 0.3 is 0 Å². The molecule has 32 heavy (non-hydrogen) atoms. The first-order chi connectivity index (χ1) is 15.6. The van der Waals surface area contributed by atoms with Crippen LogP contribution in [0.3, 0.4) is 0 Å². The second kappa shape index (κ2) is 8.27. The smallest absolute Gasteiger partial charge is 0.278 e. The number of likely N-dealkylation sites (N-methyl/N-ethyl adjacent to an activating group) is 1. The Balaban J connectivity index is 1.55. The van der Waals surface area contributed by atoms with Crippen molar-refractivity contribution in [1.82, 2.24) is 30.1 Å². The van der Waals surface area contributed by atoms with Crippen molar-refractivity contribution < 1.29 is 9.53 Å². The lowest BCUT2D eigenvalue weighted by atomic mass is 9.93. The molecule has 1 aliphatic carbocycles. The third-order valence-electron chi connectivity index (χ3n) is 6.30. The van der Waals surface area contributed by atoms with E-state index in [1.807, 2.05) is 24.0 Å². The highest BCUT2D eigenvalue weighted by Crippen LogP contribution is 2.38. The predicted molar refractivity (Wildman–Crippen MR) is 119 cm³/mol. The average Bonchev–Trinajstić information content (AvgIpc) is 3.36. The van der Waals surface area contributed by atoms with Crippen molar-refractivity contribution in [2.24, 2.45) is 0 Å². The molecule has 3 aromatic rings. The van der Waals surface area contributed by atoms with E-state index in [0.717, 1.165) is 36.9 Å². The van der Waals surface area contributed by atoms with Gasteiger partial charge in [-0.1, -0.05) is 19.3 Å². The third kappa shape index (κ3) is 3.40. The number of aryl methyl sites for hydroxylation is 1. The summed E-state index contributed by atoms with van der Waals surface area (Å²) in [5.74, 6) is 1.71. The fourth-order valence-corrected chi connectivity index (χ4v) is 4.64. The predicted octanol–water partition coefficient (Wildman–Crippen LogP) is 2.72. The van der Waals surface area contributed by atoms with E-state index in [1.54, 1.807) is 25.3 Å².